The SMILES string of the molecule is N#Cc1cccc(N2CCOCC2)c1N. The van der Waals surface area contributed by atoms with Crippen molar-refractivity contribution < 1.29 is 4.74 Å². The molecule has 0 saturated carbocycles. The van der Waals surface area contributed by atoms with Crippen LogP contribution in [0.4, 0.5) is 11.4 Å². The van der Waals surface area contributed by atoms with Crippen molar-refractivity contribution in [1.29, 1.82) is 5.26 Å². The van der Waals surface area contributed by atoms with Crippen LogP contribution >= 0.6 is 0 Å². The number of para-hydroxylation sites is 1. The lowest BCUT2D eigenvalue weighted by molar-refractivity contribution is 0.123. The van der Waals surface area contributed by atoms with E-state index < -0.39 is 0 Å². The monoisotopic (exact) mass is 203 g/mol. The molecule has 0 aromatic heterocycles. The van der Waals surface area contributed by atoms with Crippen molar-refractivity contribution in [2.75, 3.05) is 36.9 Å². The molecule has 1 aliphatic heterocycles. The van der Waals surface area contributed by atoms with Crippen molar-refractivity contribution in [3.63, 3.8) is 0 Å². The minimum Gasteiger partial charge on any atom is -0.396 e. The number of nitrogens with two attached hydrogens (primary N) is 1. The number of ether oxygens (including phenoxy) is 1. The van der Waals surface area contributed by atoms with Gasteiger partial charge in [0, 0.05) is 13.1 Å². The summed E-state index contributed by atoms with van der Waals surface area (Å²) >= 11 is 0. The number of nitrogens with zero attached hydrogens (tertiary/aromatic N) is 2. The number of morpholine rings is 1. The van der Waals surface area contributed by atoms with Gasteiger partial charge in [-0.1, -0.05) is 6.07 Å². The molecule has 0 aliphatic carbocycles. The lowest BCUT2D eigenvalue weighted by Gasteiger charge is -2.29. The third-order valence-corrected chi connectivity index (χ3v) is 2.56. The minimum absolute atomic E-state index is 0.541. The summed E-state index contributed by atoms with van der Waals surface area (Å²) in [4.78, 5) is 2.15. The summed E-state index contributed by atoms with van der Waals surface area (Å²) in [5.41, 5.74) is 7.97. The number of nitrogen functional groups attached to an aromatic ring is 1. The maximum absolute atomic E-state index is 8.87. The van der Waals surface area contributed by atoms with Crippen molar-refractivity contribution in [2.45, 2.75) is 0 Å². The fraction of sp³-hybridized carbons (Fsp3) is 0.364. The van der Waals surface area contributed by atoms with Crippen LogP contribution in [0, 0.1) is 11.3 Å². The van der Waals surface area contributed by atoms with Crippen LogP contribution < -0.4 is 10.6 Å². The predicted molar refractivity (Wildman–Crippen MR) is 58.6 cm³/mol. The Hall–Kier alpha value is -1.73. The molecule has 15 heavy (non-hydrogen) atoms. The van der Waals surface area contributed by atoms with E-state index in [2.05, 4.69) is 11.0 Å². The van der Waals surface area contributed by atoms with E-state index in [-0.39, 0.29) is 0 Å². The summed E-state index contributed by atoms with van der Waals surface area (Å²) in [6.45, 7) is 3.10. The molecule has 1 heterocycles. The predicted octanol–water partition coefficient (Wildman–Crippen LogP) is 0.977. The molecule has 1 fully saturated rings. The van der Waals surface area contributed by atoms with Gasteiger partial charge in [0.2, 0.25) is 0 Å². The molecule has 4 heteroatoms. The zero-order chi connectivity index (χ0) is 10.7. The highest BCUT2D eigenvalue weighted by molar-refractivity contribution is 5.74. The van der Waals surface area contributed by atoms with Gasteiger partial charge in [-0.2, -0.15) is 5.26 Å². The van der Waals surface area contributed by atoms with Crippen LogP contribution in [0.15, 0.2) is 18.2 Å². The van der Waals surface area contributed by atoms with Crippen molar-refractivity contribution in [3.8, 4) is 6.07 Å². The standard InChI is InChI=1S/C11H13N3O/c12-8-9-2-1-3-10(11(9)13)14-4-6-15-7-5-14/h1-3H,4-7,13H2. The average molecular weight is 203 g/mol. The maximum atomic E-state index is 8.87. The summed E-state index contributed by atoms with van der Waals surface area (Å²) in [6.07, 6.45) is 0. The molecule has 1 saturated heterocycles. The summed E-state index contributed by atoms with van der Waals surface area (Å²) in [5, 5.41) is 8.87. The number of rotatable bonds is 1. The van der Waals surface area contributed by atoms with Gasteiger partial charge in [0.25, 0.3) is 0 Å². The Morgan fingerprint density at radius 2 is 2.07 bits per heavy atom. The second kappa shape index (κ2) is 4.20. The van der Waals surface area contributed by atoms with Gasteiger partial charge in [0.1, 0.15) is 6.07 Å². The molecular weight excluding hydrogens is 190 g/mol. The van der Waals surface area contributed by atoms with Gasteiger partial charge in [-0.15, -0.1) is 0 Å². The third kappa shape index (κ3) is 1.88. The van der Waals surface area contributed by atoms with Crippen molar-refractivity contribution >= 4 is 11.4 Å². The molecule has 1 aliphatic rings. The Morgan fingerprint density at radius 1 is 1.33 bits per heavy atom. The van der Waals surface area contributed by atoms with Crippen LogP contribution in [0.5, 0.6) is 0 Å². The number of hydrogen-bond acceptors (Lipinski definition) is 4. The number of nitriles is 1. The van der Waals surface area contributed by atoms with Crippen LogP contribution in [-0.4, -0.2) is 26.3 Å². The molecule has 0 amide bonds. The summed E-state index contributed by atoms with van der Waals surface area (Å²) in [5.74, 6) is 0. The molecule has 0 unspecified atom stereocenters. The Morgan fingerprint density at radius 3 is 2.73 bits per heavy atom. The van der Waals surface area contributed by atoms with Gasteiger partial charge < -0.3 is 15.4 Å². The first-order chi connectivity index (χ1) is 7.33. The Bertz CT molecular complexity index is 391. The van der Waals surface area contributed by atoms with E-state index in [9.17, 15) is 0 Å². The summed E-state index contributed by atoms with van der Waals surface area (Å²) in [6, 6.07) is 7.63. The van der Waals surface area contributed by atoms with Crippen molar-refractivity contribution in [1.82, 2.24) is 0 Å². The second-order valence-electron chi connectivity index (χ2n) is 3.45. The first-order valence-corrected chi connectivity index (χ1v) is 4.94. The van der Waals surface area contributed by atoms with Crippen LogP contribution in [0.25, 0.3) is 0 Å². The highest BCUT2D eigenvalue weighted by Crippen LogP contribution is 2.26. The van der Waals surface area contributed by atoms with Crippen LogP contribution in [0.1, 0.15) is 5.56 Å². The molecule has 78 valence electrons. The van der Waals surface area contributed by atoms with E-state index in [1.807, 2.05) is 12.1 Å². The normalized spacial score (nSPS) is 16.1. The van der Waals surface area contributed by atoms with Crippen LogP contribution in [0.3, 0.4) is 0 Å². The molecule has 2 N–H and O–H groups in total. The van der Waals surface area contributed by atoms with Crippen LogP contribution in [0.2, 0.25) is 0 Å². The molecule has 0 radical (unpaired) electrons. The Balaban J connectivity index is 2.31. The smallest absolute Gasteiger partial charge is 0.101 e. The largest absolute Gasteiger partial charge is 0.396 e. The maximum Gasteiger partial charge on any atom is 0.101 e. The van der Waals surface area contributed by atoms with Gasteiger partial charge in [-0.25, -0.2) is 0 Å². The zero-order valence-electron chi connectivity index (χ0n) is 8.44. The van der Waals surface area contributed by atoms with E-state index in [1.54, 1.807) is 6.07 Å². The lowest BCUT2D eigenvalue weighted by Crippen LogP contribution is -2.36. The molecule has 1 aromatic rings. The zero-order valence-corrected chi connectivity index (χ0v) is 8.44. The lowest BCUT2D eigenvalue weighted by atomic mass is 10.1. The number of anilines is 2. The van der Waals surface area contributed by atoms with Gasteiger partial charge in [0.15, 0.2) is 0 Å². The molecule has 0 bridgehead atoms. The Labute approximate surface area is 88.9 Å². The third-order valence-electron chi connectivity index (χ3n) is 2.56. The van der Waals surface area contributed by atoms with Crippen molar-refractivity contribution in [2.24, 2.45) is 0 Å². The summed E-state index contributed by atoms with van der Waals surface area (Å²) in [7, 11) is 0. The molecule has 2 rings (SSSR count). The van der Waals surface area contributed by atoms with E-state index in [1.165, 1.54) is 0 Å². The van der Waals surface area contributed by atoms with E-state index in [0.717, 1.165) is 32.0 Å². The van der Waals surface area contributed by atoms with Crippen molar-refractivity contribution in [3.05, 3.63) is 23.8 Å². The highest BCUT2D eigenvalue weighted by atomic mass is 16.5. The molecular formula is C11H13N3O. The van der Waals surface area contributed by atoms with E-state index >= 15 is 0 Å². The van der Waals surface area contributed by atoms with E-state index in [0.29, 0.717) is 11.3 Å². The van der Waals surface area contributed by atoms with Gasteiger partial charge in [-0.3, -0.25) is 0 Å². The van der Waals surface area contributed by atoms with E-state index in [4.69, 9.17) is 15.7 Å². The molecule has 1 aromatic carbocycles. The molecule has 0 spiro atoms. The highest BCUT2D eigenvalue weighted by Gasteiger charge is 2.14. The second-order valence-corrected chi connectivity index (χ2v) is 3.45. The quantitative estimate of drug-likeness (QED) is 0.691. The fourth-order valence-corrected chi connectivity index (χ4v) is 1.73. The first kappa shape index (κ1) is 9.81. The minimum atomic E-state index is 0.541. The number of hydrogen-bond donors (Lipinski definition) is 1. The van der Waals surface area contributed by atoms with Gasteiger partial charge in [-0.05, 0) is 12.1 Å². The summed E-state index contributed by atoms with van der Waals surface area (Å²) < 4.78 is 5.27. The topological polar surface area (TPSA) is 62.3 Å². The van der Waals surface area contributed by atoms with Gasteiger partial charge in [0.05, 0.1) is 30.2 Å². The Kier molecular flexibility index (Phi) is 2.75. The van der Waals surface area contributed by atoms with Gasteiger partial charge >= 0.3 is 0 Å². The molecule has 0 atom stereocenters. The first-order valence-electron chi connectivity index (χ1n) is 4.94. The average Bonchev–Trinajstić information content (AvgIpc) is 2.30. The molecule has 4 nitrogen and oxygen atoms in total. The van der Waals surface area contributed by atoms with Crippen LogP contribution in [-0.2, 0) is 4.74 Å². The number of benzene rings is 1. The fourth-order valence-electron chi connectivity index (χ4n) is 1.73.